The summed E-state index contributed by atoms with van der Waals surface area (Å²) in [7, 11) is 0. The lowest BCUT2D eigenvalue weighted by molar-refractivity contribution is 0.0997. The molecule has 0 bridgehead atoms. The standard InChI is InChI=1S/C25H25ClN4O2.C10H12/c26-16-17-5-4-6-19(13-17)25(32)29-22-8-7-20(30-11-2-1-3-12-30)15-21(22)23-14-18(24(27)31)9-10-28-23;1-2-6-10-8-4-3-7-9(10)5-1/h4-10,13-15H,1-3,11-12,16H2,(H2,27,31)(H,29,32);1-2,5-6H,3-4,7-8H2. The first kappa shape index (κ1) is 29.3. The minimum absolute atomic E-state index is 0.241. The van der Waals surface area contributed by atoms with Gasteiger partial charge in [0.15, 0.2) is 0 Å². The third-order valence-electron chi connectivity index (χ3n) is 7.90. The van der Waals surface area contributed by atoms with Crippen molar-refractivity contribution in [2.24, 2.45) is 5.73 Å². The summed E-state index contributed by atoms with van der Waals surface area (Å²) in [5, 5.41) is 3.00. The zero-order valence-corrected chi connectivity index (χ0v) is 24.6. The van der Waals surface area contributed by atoms with Crippen LogP contribution in [-0.2, 0) is 18.7 Å². The highest BCUT2D eigenvalue weighted by atomic mass is 35.5. The molecule has 42 heavy (non-hydrogen) atoms. The van der Waals surface area contributed by atoms with Gasteiger partial charge in [-0.2, -0.15) is 0 Å². The van der Waals surface area contributed by atoms with Crippen LogP contribution in [0, 0.1) is 0 Å². The Balaban J connectivity index is 0.000000295. The first-order chi connectivity index (χ1) is 20.5. The molecule has 2 heterocycles. The number of halogens is 1. The average Bonchev–Trinajstić information content (AvgIpc) is 3.05. The predicted molar refractivity (Wildman–Crippen MR) is 171 cm³/mol. The second kappa shape index (κ2) is 14.1. The van der Waals surface area contributed by atoms with Gasteiger partial charge in [-0.05, 0) is 104 Å². The van der Waals surface area contributed by atoms with Gasteiger partial charge in [0.25, 0.3) is 5.91 Å². The van der Waals surface area contributed by atoms with E-state index in [-0.39, 0.29) is 5.91 Å². The van der Waals surface area contributed by atoms with Crippen molar-refractivity contribution in [3.05, 3.63) is 113 Å². The third-order valence-corrected chi connectivity index (χ3v) is 8.21. The van der Waals surface area contributed by atoms with Gasteiger partial charge in [0.05, 0.1) is 11.4 Å². The zero-order chi connectivity index (χ0) is 29.3. The van der Waals surface area contributed by atoms with E-state index in [2.05, 4.69) is 39.5 Å². The van der Waals surface area contributed by atoms with Crippen LogP contribution in [0.15, 0.2) is 85.1 Å². The SMILES string of the molecule is NC(=O)c1ccnc(-c2cc(N3CCCCC3)ccc2NC(=O)c2cccc(CCl)c2)c1.c1ccc2c(c1)CCCC2. The van der Waals surface area contributed by atoms with Gasteiger partial charge in [0, 0.05) is 47.5 Å². The molecule has 0 unspecified atom stereocenters. The highest BCUT2D eigenvalue weighted by Crippen LogP contribution is 2.33. The van der Waals surface area contributed by atoms with E-state index in [1.807, 2.05) is 30.3 Å². The molecular weight excluding hydrogens is 544 g/mol. The quantitative estimate of drug-likeness (QED) is 0.233. The van der Waals surface area contributed by atoms with Crippen molar-refractivity contribution in [2.75, 3.05) is 23.3 Å². The summed E-state index contributed by atoms with van der Waals surface area (Å²) in [5.74, 6) is -0.430. The molecule has 1 fully saturated rings. The number of fused-ring (bicyclic) bond motifs is 1. The Hall–Kier alpha value is -4.16. The number of aromatic nitrogens is 1. The molecular formula is C35H37ClN4O2. The molecule has 0 atom stereocenters. The van der Waals surface area contributed by atoms with Gasteiger partial charge in [0.1, 0.15) is 0 Å². The van der Waals surface area contributed by atoms with Crippen molar-refractivity contribution in [1.82, 2.24) is 4.98 Å². The van der Waals surface area contributed by atoms with Crippen LogP contribution in [0.2, 0.25) is 0 Å². The number of amides is 2. The van der Waals surface area contributed by atoms with Crippen molar-refractivity contribution < 1.29 is 9.59 Å². The summed E-state index contributed by atoms with van der Waals surface area (Å²) in [4.78, 5) is 31.5. The van der Waals surface area contributed by atoms with Crippen molar-refractivity contribution >= 4 is 34.8 Å². The van der Waals surface area contributed by atoms with E-state index in [4.69, 9.17) is 17.3 Å². The molecule has 216 valence electrons. The first-order valence-corrected chi connectivity index (χ1v) is 15.2. The Labute approximate surface area is 252 Å². The lowest BCUT2D eigenvalue weighted by Crippen LogP contribution is -2.29. The molecule has 1 aliphatic carbocycles. The fraction of sp³-hybridized carbons (Fsp3) is 0.286. The largest absolute Gasteiger partial charge is 0.372 e. The van der Waals surface area contributed by atoms with Crippen LogP contribution in [0.5, 0.6) is 0 Å². The molecule has 2 aliphatic rings. The van der Waals surface area contributed by atoms with Gasteiger partial charge >= 0.3 is 0 Å². The van der Waals surface area contributed by atoms with Crippen LogP contribution in [0.1, 0.15) is 69.5 Å². The van der Waals surface area contributed by atoms with E-state index < -0.39 is 5.91 Å². The number of pyridine rings is 1. The number of carbonyl (C=O) groups is 2. The van der Waals surface area contributed by atoms with Crippen molar-refractivity contribution in [3.8, 4) is 11.3 Å². The Morgan fingerprint density at radius 2 is 1.55 bits per heavy atom. The van der Waals surface area contributed by atoms with Crippen LogP contribution in [-0.4, -0.2) is 29.9 Å². The smallest absolute Gasteiger partial charge is 0.255 e. The minimum atomic E-state index is -0.524. The predicted octanol–water partition coefficient (Wildman–Crippen LogP) is 7.39. The first-order valence-electron chi connectivity index (χ1n) is 14.7. The van der Waals surface area contributed by atoms with Crippen LogP contribution in [0.3, 0.4) is 0 Å². The maximum atomic E-state index is 13.0. The van der Waals surface area contributed by atoms with Crippen molar-refractivity contribution in [3.63, 3.8) is 0 Å². The number of anilines is 2. The maximum absolute atomic E-state index is 13.0. The third kappa shape index (κ3) is 7.37. The molecule has 2 amide bonds. The highest BCUT2D eigenvalue weighted by Gasteiger charge is 2.17. The summed E-state index contributed by atoms with van der Waals surface area (Å²) in [6.45, 7) is 1.98. The summed E-state index contributed by atoms with van der Waals surface area (Å²) in [6.07, 6.45) is 10.5. The fourth-order valence-corrected chi connectivity index (χ4v) is 5.77. The molecule has 3 N–H and O–H groups in total. The van der Waals surface area contributed by atoms with Gasteiger partial charge < -0.3 is 16.0 Å². The molecule has 3 aromatic carbocycles. The Bertz CT molecular complexity index is 1520. The molecule has 1 aliphatic heterocycles. The molecule has 1 aromatic heterocycles. The molecule has 6 nitrogen and oxygen atoms in total. The summed E-state index contributed by atoms with van der Waals surface area (Å²) >= 11 is 5.92. The summed E-state index contributed by atoms with van der Waals surface area (Å²) < 4.78 is 0. The Morgan fingerprint density at radius 1 is 0.810 bits per heavy atom. The van der Waals surface area contributed by atoms with Gasteiger partial charge in [0.2, 0.25) is 5.91 Å². The molecule has 0 saturated carbocycles. The average molecular weight is 581 g/mol. The molecule has 4 aromatic rings. The molecule has 0 radical (unpaired) electrons. The van der Waals surface area contributed by atoms with Crippen LogP contribution < -0.4 is 16.0 Å². The van der Waals surface area contributed by atoms with E-state index in [1.165, 1.54) is 32.1 Å². The van der Waals surface area contributed by atoms with Crippen LogP contribution >= 0.6 is 11.6 Å². The maximum Gasteiger partial charge on any atom is 0.255 e. The van der Waals surface area contributed by atoms with Gasteiger partial charge in [-0.15, -0.1) is 11.6 Å². The second-order valence-corrected chi connectivity index (χ2v) is 11.1. The lowest BCUT2D eigenvalue weighted by Gasteiger charge is -2.29. The highest BCUT2D eigenvalue weighted by molar-refractivity contribution is 6.17. The molecule has 1 saturated heterocycles. The van der Waals surface area contributed by atoms with E-state index in [1.54, 1.807) is 41.6 Å². The van der Waals surface area contributed by atoms with Gasteiger partial charge in [-0.1, -0.05) is 36.4 Å². The topological polar surface area (TPSA) is 88.3 Å². The molecule has 0 spiro atoms. The Morgan fingerprint density at radius 3 is 2.24 bits per heavy atom. The number of alkyl halides is 1. The van der Waals surface area contributed by atoms with E-state index in [0.29, 0.717) is 28.4 Å². The van der Waals surface area contributed by atoms with Crippen molar-refractivity contribution in [1.29, 1.82) is 0 Å². The van der Waals surface area contributed by atoms with E-state index in [0.717, 1.165) is 42.7 Å². The van der Waals surface area contributed by atoms with Crippen molar-refractivity contribution in [2.45, 2.75) is 50.8 Å². The number of primary amides is 1. The normalized spacial score (nSPS) is 14.3. The van der Waals surface area contributed by atoms with Gasteiger partial charge in [-0.25, -0.2) is 0 Å². The monoisotopic (exact) mass is 580 g/mol. The second-order valence-electron chi connectivity index (χ2n) is 10.8. The molecule has 6 rings (SSSR count). The number of nitrogens with one attached hydrogen (secondary N) is 1. The summed E-state index contributed by atoms with van der Waals surface area (Å²) in [6, 6.07) is 25.2. The number of nitrogens with two attached hydrogens (primary N) is 1. The Kier molecular flexibility index (Phi) is 9.88. The number of hydrogen-bond acceptors (Lipinski definition) is 4. The molecule has 7 heteroatoms. The number of hydrogen-bond donors (Lipinski definition) is 2. The number of nitrogens with zero attached hydrogens (tertiary/aromatic N) is 2. The van der Waals surface area contributed by atoms with Crippen LogP contribution in [0.4, 0.5) is 11.4 Å². The number of piperidine rings is 1. The van der Waals surface area contributed by atoms with E-state index >= 15 is 0 Å². The van der Waals surface area contributed by atoms with Gasteiger partial charge in [-0.3, -0.25) is 14.6 Å². The number of rotatable bonds is 6. The minimum Gasteiger partial charge on any atom is -0.372 e. The number of benzene rings is 3. The summed E-state index contributed by atoms with van der Waals surface area (Å²) in [5.41, 5.74) is 13.4. The van der Waals surface area contributed by atoms with E-state index in [9.17, 15) is 9.59 Å². The van der Waals surface area contributed by atoms with Crippen LogP contribution in [0.25, 0.3) is 11.3 Å². The fourth-order valence-electron chi connectivity index (χ4n) is 5.60. The number of carbonyl (C=O) groups excluding carboxylic acids is 2. The zero-order valence-electron chi connectivity index (χ0n) is 23.8. The lowest BCUT2D eigenvalue weighted by atomic mass is 9.92. The number of aryl methyl sites for hydroxylation is 2.